The van der Waals surface area contributed by atoms with Crippen molar-refractivity contribution in [1.82, 2.24) is 4.90 Å². The number of carbonyl (C=O) groups is 2. The Morgan fingerprint density at radius 3 is 2.08 bits per heavy atom. The van der Waals surface area contributed by atoms with Gasteiger partial charge in [0, 0.05) is 22.3 Å². The van der Waals surface area contributed by atoms with Crippen molar-refractivity contribution in [3.05, 3.63) is 41.4 Å². The van der Waals surface area contributed by atoms with E-state index < -0.39 is 11.9 Å². The van der Waals surface area contributed by atoms with Gasteiger partial charge in [0.25, 0.3) is 0 Å². The number of aliphatic carboxylic acids is 2. The largest absolute Gasteiger partial charge is 0.492 e. The molecule has 0 unspecified atom stereocenters. The molecule has 25 heavy (non-hydrogen) atoms. The Morgan fingerprint density at radius 2 is 1.56 bits per heavy atom. The topological polar surface area (TPSA) is 87.1 Å². The van der Waals surface area contributed by atoms with Crippen LogP contribution in [-0.2, 0) is 9.59 Å². The van der Waals surface area contributed by atoms with E-state index in [1.54, 1.807) is 0 Å². The van der Waals surface area contributed by atoms with Crippen LogP contribution in [0.25, 0.3) is 10.8 Å². The fourth-order valence-corrected chi connectivity index (χ4v) is 2.41. The highest BCUT2D eigenvalue weighted by Crippen LogP contribution is 2.31. The molecule has 0 saturated heterocycles. The number of carboxylic acid groups (broad SMARTS) is 2. The molecule has 136 valence electrons. The smallest absolute Gasteiger partial charge is 0.414 e. The van der Waals surface area contributed by atoms with Crippen LogP contribution in [-0.4, -0.2) is 53.3 Å². The van der Waals surface area contributed by atoms with Crippen LogP contribution >= 0.6 is 11.6 Å². The van der Waals surface area contributed by atoms with Crippen LogP contribution in [0, 0.1) is 0 Å². The molecule has 0 aliphatic rings. The first kappa shape index (κ1) is 20.7. The molecule has 0 atom stereocenters. The Hall–Kier alpha value is -2.31. The third-order valence-corrected chi connectivity index (χ3v) is 3.90. The normalized spacial score (nSPS) is 10.2. The first-order chi connectivity index (χ1) is 11.9. The molecule has 2 aromatic carbocycles. The van der Waals surface area contributed by atoms with Crippen molar-refractivity contribution >= 4 is 34.3 Å². The maximum Gasteiger partial charge on any atom is 0.414 e. The second-order valence-electron chi connectivity index (χ2n) is 5.08. The molecule has 0 spiro atoms. The highest BCUT2D eigenvalue weighted by molar-refractivity contribution is 6.35. The van der Waals surface area contributed by atoms with E-state index in [0.717, 1.165) is 41.2 Å². The van der Waals surface area contributed by atoms with Gasteiger partial charge in [-0.15, -0.1) is 0 Å². The molecular weight excluding hydrogens is 346 g/mol. The van der Waals surface area contributed by atoms with Gasteiger partial charge in [0.05, 0.1) is 0 Å². The van der Waals surface area contributed by atoms with Crippen LogP contribution in [0.1, 0.15) is 13.8 Å². The summed E-state index contributed by atoms with van der Waals surface area (Å²) in [6.45, 7) is 8.10. The number of benzene rings is 2. The first-order valence-corrected chi connectivity index (χ1v) is 8.27. The molecule has 0 aliphatic carbocycles. The van der Waals surface area contributed by atoms with Crippen LogP contribution in [0.3, 0.4) is 0 Å². The van der Waals surface area contributed by atoms with Gasteiger partial charge in [0.2, 0.25) is 0 Å². The zero-order chi connectivity index (χ0) is 18.8. The van der Waals surface area contributed by atoms with E-state index in [-0.39, 0.29) is 0 Å². The summed E-state index contributed by atoms with van der Waals surface area (Å²) in [5, 5.41) is 17.7. The zero-order valence-electron chi connectivity index (χ0n) is 14.2. The molecule has 0 radical (unpaired) electrons. The summed E-state index contributed by atoms with van der Waals surface area (Å²) in [7, 11) is 0. The van der Waals surface area contributed by atoms with Gasteiger partial charge in [0.1, 0.15) is 12.4 Å². The molecule has 0 aliphatic heterocycles. The molecular formula is C18H22ClNO5. The maximum absolute atomic E-state index is 9.10. The van der Waals surface area contributed by atoms with E-state index in [9.17, 15) is 0 Å². The van der Waals surface area contributed by atoms with Crippen molar-refractivity contribution in [1.29, 1.82) is 0 Å². The number of rotatable bonds is 6. The molecule has 2 rings (SSSR count). The van der Waals surface area contributed by atoms with Crippen molar-refractivity contribution in [3.63, 3.8) is 0 Å². The summed E-state index contributed by atoms with van der Waals surface area (Å²) >= 11 is 6.19. The summed E-state index contributed by atoms with van der Waals surface area (Å²) in [5.74, 6) is -2.74. The quantitative estimate of drug-likeness (QED) is 0.761. The van der Waals surface area contributed by atoms with E-state index in [0.29, 0.717) is 6.61 Å². The number of fused-ring (bicyclic) bond motifs is 1. The lowest BCUT2D eigenvalue weighted by atomic mass is 10.1. The molecule has 0 amide bonds. The average molecular weight is 368 g/mol. The summed E-state index contributed by atoms with van der Waals surface area (Å²) < 4.78 is 5.91. The predicted octanol–water partition coefficient (Wildman–Crippen LogP) is 3.37. The number of halogens is 1. The standard InChI is InChI=1S/C16H20ClNO.C2H2O4/c1-3-18(4-2)11-12-19-16-10-9-15(17)13-7-5-6-8-14(13)16;3-1(4)2(5)6/h5-10H,3-4,11-12H2,1-2H3;(H,3,4)(H,5,6). The Bertz CT molecular complexity index is 704. The number of carboxylic acids is 2. The highest BCUT2D eigenvalue weighted by Gasteiger charge is 2.06. The second-order valence-corrected chi connectivity index (χ2v) is 5.48. The number of hydrogen-bond donors (Lipinski definition) is 2. The second kappa shape index (κ2) is 10.5. The predicted molar refractivity (Wildman–Crippen MR) is 97.5 cm³/mol. The molecule has 0 saturated carbocycles. The minimum absolute atomic E-state index is 0.702. The summed E-state index contributed by atoms with van der Waals surface area (Å²) in [5.41, 5.74) is 0. The number of nitrogens with zero attached hydrogens (tertiary/aromatic N) is 1. The number of hydrogen-bond acceptors (Lipinski definition) is 4. The van der Waals surface area contributed by atoms with Gasteiger partial charge in [0.15, 0.2) is 0 Å². The minimum atomic E-state index is -1.82. The van der Waals surface area contributed by atoms with Crippen LogP contribution in [0.4, 0.5) is 0 Å². The fraction of sp³-hybridized carbons (Fsp3) is 0.333. The van der Waals surface area contributed by atoms with Gasteiger partial charge in [-0.1, -0.05) is 49.7 Å². The summed E-state index contributed by atoms with van der Waals surface area (Å²) in [6, 6.07) is 11.9. The molecule has 6 nitrogen and oxygen atoms in total. The summed E-state index contributed by atoms with van der Waals surface area (Å²) in [6.07, 6.45) is 0. The van der Waals surface area contributed by atoms with E-state index in [1.807, 2.05) is 36.4 Å². The van der Waals surface area contributed by atoms with E-state index in [2.05, 4.69) is 18.7 Å². The number of likely N-dealkylation sites (N-methyl/N-ethyl adjacent to an activating group) is 1. The van der Waals surface area contributed by atoms with Crippen molar-refractivity contribution in [2.75, 3.05) is 26.2 Å². The van der Waals surface area contributed by atoms with Gasteiger partial charge in [-0.3, -0.25) is 0 Å². The Morgan fingerprint density at radius 1 is 1.00 bits per heavy atom. The lowest BCUT2D eigenvalue weighted by Gasteiger charge is -2.18. The minimum Gasteiger partial charge on any atom is -0.492 e. The molecule has 0 fully saturated rings. The van der Waals surface area contributed by atoms with E-state index in [1.165, 1.54) is 0 Å². The van der Waals surface area contributed by atoms with Crippen LogP contribution in [0.5, 0.6) is 5.75 Å². The van der Waals surface area contributed by atoms with Gasteiger partial charge >= 0.3 is 11.9 Å². The highest BCUT2D eigenvalue weighted by atomic mass is 35.5. The Kier molecular flexibility index (Phi) is 8.74. The Labute approximate surface area is 151 Å². The van der Waals surface area contributed by atoms with E-state index in [4.69, 9.17) is 36.1 Å². The molecule has 7 heteroatoms. The first-order valence-electron chi connectivity index (χ1n) is 7.89. The molecule has 0 bridgehead atoms. The van der Waals surface area contributed by atoms with Gasteiger partial charge in [-0.2, -0.15) is 0 Å². The number of ether oxygens (including phenoxy) is 1. The van der Waals surface area contributed by atoms with Crippen LogP contribution in [0.15, 0.2) is 36.4 Å². The lowest BCUT2D eigenvalue weighted by Crippen LogP contribution is -2.27. The van der Waals surface area contributed by atoms with Crippen molar-refractivity contribution in [3.8, 4) is 5.75 Å². The van der Waals surface area contributed by atoms with Gasteiger partial charge < -0.3 is 19.8 Å². The molecule has 2 aromatic rings. The third kappa shape index (κ3) is 6.60. The summed E-state index contributed by atoms with van der Waals surface area (Å²) in [4.78, 5) is 20.5. The SMILES string of the molecule is CCN(CC)CCOc1ccc(Cl)c2ccccc12.O=C(O)C(=O)O. The Balaban J connectivity index is 0.000000450. The van der Waals surface area contributed by atoms with Crippen LogP contribution < -0.4 is 4.74 Å². The third-order valence-electron chi connectivity index (χ3n) is 3.57. The lowest BCUT2D eigenvalue weighted by molar-refractivity contribution is -0.159. The maximum atomic E-state index is 9.10. The van der Waals surface area contributed by atoms with E-state index >= 15 is 0 Å². The van der Waals surface area contributed by atoms with Gasteiger partial charge in [-0.25, -0.2) is 9.59 Å². The van der Waals surface area contributed by atoms with Crippen molar-refractivity contribution in [2.45, 2.75) is 13.8 Å². The molecule has 0 aromatic heterocycles. The monoisotopic (exact) mass is 367 g/mol. The fourth-order valence-electron chi connectivity index (χ4n) is 2.19. The van der Waals surface area contributed by atoms with Crippen LogP contribution in [0.2, 0.25) is 5.02 Å². The average Bonchev–Trinajstić information content (AvgIpc) is 2.61. The van der Waals surface area contributed by atoms with Crippen molar-refractivity contribution < 1.29 is 24.5 Å². The zero-order valence-corrected chi connectivity index (χ0v) is 15.0. The van der Waals surface area contributed by atoms with Gasteiger partial charge in [-0.05, 0) is 25.2 Å². The molecule has 0 heterocycles. The van der Waals surface area contributed by atoms with Crippen molar-refractivity contribution in [2.24, 2.45) is 0 Å². The molecule has 2 N–H and O–H groups in total.